The molecule has 0 spiro atoms. The number of rotatable bonds is 5. The fourth-order valence-corrected chi connectivity index (χ4v) is 3.11. The SMILES string of the molecule is FC(F)(F)Cn1ccnc1CN1CCCC[C@@H]1Cn1cccn1. The number of alkyl halides is 3. The number of imidazole rings is 1. The van der Waals surface area contributed by atoms with E-state index in [0.717, 1.165) is 32.4 Å². The zero-order valence-electron chi connectivity index (χ0n) is 12.8. The van der Waals surface area contributed by atoms with E-state index in [-0.39, 0.29) is 6.04 Å². The fraction of sp³-hybridized carbons (Fsp3) is 0.600. The maximum atomic E-state index is 12.6. The maximum absolute atomic E-state index is 12.6. The van der Waals surface area contributed by atoms with Gasteiger partial charge in [0.1, 0.15) is 12.4 Å². The van der Waals surface area contributed by atoms with Crippen LogP contribution in [0.1, 0.15) is 25.1 Å². The molecule has 3 heterocycles. The third kappa shape index (κ3) is 4.34. The van der Waals surface area contributed by atoms with Crippen molar-refractivity contribution >= 4 is 0 Å². The van der Waals surface area contributed by atoms with Gasteiger partial charge in [-0.2, -0.15) is 18.3 Å². The molecule has 5 nitrogen and oxygen atoms in total. The van der Waals surface area contributed by atoms with Gasteiger partial charge in [-0.1, -0.05) is 6.42 Å². The summed E-state index contributed by atoms with van der Waals surface area (Å²) in [6.45, 7) is 1.09. The first-order valence-corrected chi connectivity index (χ1v) is 7.79. The van der Waals surface area contributed by atoms with E-state index in [1.165, 1.54) is 17.0 Å². The fourth-order valence-electron chi connectivity index (χ4n) is 3.11. The summed E-state index contributed by atoms with van der Waals surface area (Å²) >= 11 is 0. The second-order valence-electron chi connectivity index (χ2n) is 5.93. The average Bonchev–Trinajstić information content (AvgIpc) is 3.12. The Kier molecular flexibility index (Phi) is 4.70. The molecule has 1 atom stereocenters. The summed E-state index contributed by atoms with van der Waals surface area (Å²) in [6.07, 6.45) is 5.49. The molecule has 3 rings (SSSR count). The number of hydrogen-bond donors (Lipinski definition) is 0. The van der Waals surface area contributed by atoms with Gasteiger partial charge < -0.3 is 4.57 Å². The van der Waals surface area contributed by atoms with Crippen LogP contribution in [0.25, 0.3) is 0 Å². The first-order valence-electron chi connectivity index (χ1n) is 7.79. The molecule has 1 aliphatic rings. The Bertz CT molecular complexity index is 605. The highest BCUT2D eigenvalue weighted by molar-refractivity contribution is 4.95. The number of piperidine rings is 1. The smallest absolute Gasteiger partial charge is 0.325 e. The van der Waals surface area contributed by atoms with Crippen LogP contribution in [0.2, 0.25) is 0 Å². The van der Waals surface area contributed by atoms with Crippen molar-refractivity contribution in [3.8, 4) is 0 Å². The lowest BCUT2D eigenvalue weighted by molar-refractivity contribution is -0.141. The number of aromatic nitrogens is 4. The molecular weight excluding hydrogens is 307 g/mol. The van der Waals surface area contributed by atoms with E-state index < -0.39 is 12.7 Å². The number of nitrogens with zero attached hydrogens (tertiary/aromatic N) is 5. The van der Waals surface area contributed by atoms with Gasteiger partial charge in [-0.15, -0.1) is 0 Å². The number of likely N-dealkylation sites (tertiary alicyclic amines) is 1. The zero-order chi connectivity index (χ0) is 16.3. The van der Waals surface area contributed by atoms with Gasteiger partial charge in [0.15, 0.2) is 0 Å². The van der Waals surface area contributed by atoms with Gasteiger partial charge in [0.2, 0.25) is 0 Å². The Morgan fingerprint density at radius 1 is 1.17 bits per heavy atom. The second kappa shape index (κ2) is 6.74. The Morgan fingerprint density at radius 2 is 2.04 bits per heavy atom. The van der Waals surface area contributed by atoms with Crippen LogP contribution in [0, 0.1) is 0 Å². The van der Waals surface area contributed by atoms with Crippen LogP contribution in [0.15, 0.2) is 30.9 Å². The minimum Gasteiger partial charge on any atom is -0.325 e. The highest BCUT2D eigenvalue weighted by Gasteiger charge is 2.30. The van der Waals surface area contributed by atoms with Crippen molar-refractivity contribution < 1.29 is 13.2 Å². The van der Waals surface area contributed by atoms with E-state index in [9.17, 15) is 13.2 Å². The summed E-state index contributed by atoms with van der Waals surface area (Å²) in [7, 11) is 0. The van der Waals surface area contributed by atoms with Crippen molar-refractivity contribution in [2.24, 2.45) is 0 Å². The summed E-state index contributed by atoms with van der Waals surface area (Å²) in [6, 6.07) is 2.16. The third-order valence-electron chi connectivity index (χ3n) is 4.20. The largest absolute Gasteiger partial charge is 0.406 e. The summed E-state index contributed by atoms with van der Waals surface area (Å²) in [4.78, 5) is 6.35. The molecule has 0 saturated carbocycles. The molecule has 1 aliphatic heterocycles. The van der Waals surface area contributed by atoms with Crippen LogP contribution >= 0.6 is 0 Å². The molecule has 23 heavy (non-hydrogen) atoms. The van der Waals surface area contributed by atoms with Crippen LogP contribution in [-0.2, 0) is 19.6 Å². The minimum absolute atomic E-state index is 0.277. The van der Waals surface area contributed by atoms with E-state index in [4.69, 9.17) is 0 Å². The first-order chi connectivity index (χ1) is 11.0. The van der Waals surface area contributed by atoms with Crippen molar-refractivity contribution in [2.75, 3.05) is 6.54 Å². The third-order valence-corrected chi connectivity index (χ3v) is 4.20. The van der Waals surface area contributed by atoms with Gasteiger partial charge in [-0.05, 0) is 25.5 Å². The molecule has 1 fully saturated rings. The van der Waals surface area contributed by atoms with Gasteiger partial charge in [0.25, 0.3) is 0 Å². The second-order valence-corrected chi connectivity index (χ2v) is 5.93. The van der Waals surface area contributed by atoms with Gasteiger partial charge >= 0.3 is 6.18 Å². The lowest BCUT2D eigenvalue weighted by atomic mass is 10.0. The highest BCUT2D eigenvalue weighted by Crippen LogP contribution is 2.22. The molecule has 0 aliphatic carbocycles. The predicted octanol–water partition coefficient (Wildman–Crippen LogP) is 2.70. The lowest BCUT2D eigenvalue weighted by Gasteiger charge is -2.35. The Hall–Kier alpha value is -1.83. The van der Waals surface area contributed by atoms with Crippen LogP contribution in [0.5, 0.6) is 0 Å². The van der Waals surface area contributed by atoms with E-state index in [2.05, 4.69) is 15.0 Å². The van der Waals surface area contributed by atoms with E-state index >= 15 is 0 Å². The minimum atomic E-state index is -4.23. The number of hydrogen-bond acceptors (Lipinski definition) is 3. The maximum Gasteiger partial charge on any atom is 0.406 e. The molecular formula is C15H20F3N5. The molecule has 1 saturated heterocycles. The first kappa shape index (κ1) is 16.0. The van der Waals surface area contributed by atoms with Gasteiger partial charge in [-0.25, -0.2) is 4.98 Å². The summed E-state index contributed by atoms with van der Waals surface area (Å²) in [5.41, 5.74) is 0. The standard InChI is InChI=1S/C15H20F3N5/c16-15(17,18)12-22-9-6-19-14(22)11-21-7-2-1-4-13(21)10-23-8-3-5-20-23/h3,5-6,8-9,13H,1-2,4,7,10-12H2/t13-/m1/s1. The molecule has 0 N–H and O–H groups in total. The summed E-state index contributed by atoms with van der Waals surface area (Å²) in [5.74, 6) is 0.467. The average molecular weight is 327 g/mol. The molecule has 0 aromatic carbocycles. The van der Waals surface area contributed by atoms with Gasteiger partial charge in [-0.3, -0.25) is 9.58 Å². The molecule has 0 radical (unpaired) electrons. The van der Waals surface area contributed by atoms with Crippen molar-refractivity contribution in [1.29, 1.82) is 0 Å². The van der Waals surface area contributed by atoms with Crippen molar-refractivity contribution in [2.45, 2.75) is 51.1 Å². The molecule has 0 unspecified atom stereocenters. The van der Waals surface area contributed by atoms with Crippen molar-refractivity contribution in [3.63, 3.8) is 0 Å². The van der Waals surface area contributed by atoms with Crippen LogP contribution in [0.4, 0.5) is 13.2 Å². The molecule has 8 heteroatoms. The summed E-state index contributed by atoms with van der Waals surface area (Å²) < 4.78 is 41.0. The number of halogens is 3. The van der Waals surface area contributed by atoms with Gasteiger partial charge in [0.05, 0.1) is 13.1 Å². The zero-order valence-corrected chi connectivity index (χ0v) is 12.8. The monoisotopic (exact) mass is 327 g/mol. The lowest BCUT2D eigenvalue weighted by Crippen LogP contribution is -2.42. The molecule has 0 amide bonds. The Morgan fingerprint density at radius 3 is 2.78 bits per heavy atom. The van der Waals surface area contributed by atoms with Crippen molar-refractivity contribution in [1.82, 2.24) is 24.2 Å². The molecule has 2 aromatic rings. The Balaban J connectivity index is 1.68. The van der Waals surface area contributed by atoms with E-state index in [1.807, 2.05) is 16.9 Å². The highest BCUT2D eigenvalue weighted by atomic mass is 19.4. The molecule has 126 valence electrons. The predicted molar refractivity (Wildman–Crippen MR) is 78.6 cm³/mol. The summed E-state index contributed by atoms with van der Waals surface area (Å²) in [5, 5.41) is 4.23. The van der Waals surface area contributed by atoms with Crippen molar-refractivity contribution in [3.05, 3.63) is 36.7 Å². The quantitative estimate of drug-likeness (QED) is 0.847. The topological polar surface area (TPSA) is 38.9 Å². The van der Waals surface area contributed by atoms with Crippen LogP contribution < -0.4 is 0 Å². The molecule has 0 bridgehead atoms. The van der Waals surface area contributed by atoms with Crippen LogP contribution in [-0.4, -0.2) is 43.0 Å². The normalized spacial score (nSPS) is 20.0. The van der Waals surface area contributed by atoms with Crippen LogP contribution in [0.3, 0.4) is 0 Å². The Labute approximate surface area is 132 Å². The van der Waals surface area contributed by atoms with E-state index in [1.54, 1.807) is 6.20 Å². The van der Waals surface area contributed by atoms with E-state index in [0.29, 0.717) is 12.4 Å². The molecule has 2 aromatic heterocycles. The van der Waals surface area contributed by atoms with Gasteiger partial charge in [0, 0.05) is 30.8 Å².